The molecule has 1 aliphatic rings. The van der Waals surface area contributed by atoms with Crippen molar-refractivity contribution in [1.29, 1.82) is 0 Å². The fraction of sp³-hybridized carbons (Fsp3) is 0.368. The minimum atomic E-state index is -0.274. The number of H-pyrrole nitrogens is 1. The number of benzene rings is 1. The summed E-state index contributed by atoms with van der Waals surface area (Å²) in [6.45, 7) is 4.19. The third kappa shape index (κ3) is 3.06. The minimum absolute atomic E-state index is 0.0557. The number of rotatable bonds is 3. The maximum atomic E-state index is 13.0. The zero-order valence-corrected chi connectivity index (χ0v) is 15.0. The van der Waals surface area contributed by atoms with E-state index >= 15 is 0 Å². The predicted molar refractivity (Wildman–Crippen MR) is 99.9 cm³/mol. The normalized spacial score (nSPS) is 18.1. The monoisotopic (exact) mass is 357 g/mol. The van der Waals surface area contributed by atoms with Crippen LogP contribution in [0.2, 0.25) is 0 Å². The molecule has 2 heterocycles. The van der Waals surface area contributed by atoms with Gasteiger partial charge in [-0.1, -0.05) is 6.92 Å². The van der Waals surface area contributed by atoms with Gasteiger partial charge < -0.3 is 10.3 Å². The summed E-state index contributed by atoms with van der Waals surface area (Å²) in [6, 6.07) is 5.98. The molecule has 0 spiro atoms. The van der Waals surface area contributed by atoms with Crippen LogP contribution in [0.25, 0.3) is 10.2 Å². The predicted octanol–water partition coefficient (Wildman–Crippen LogP) is 4.42. The number of halogens is 1. The number of nitrogens with one attached hydrogen (secondary N) is 2. The molecule has 0 unspecified atom stereocenters. The number of anilines is 1. The van der Waals surface area contributed by atoms with Gasteiger partial charge in [0, 0.05) is 10.6 Å². The second kappa shape index (κ2) is 6.26. The van der Waals surface area contributed by atoms with Crippen LogP contribution in [0.1, 0.15) is 42.6 Å². The fourth-order valence-corrected chi connectivity index (χ4v) is 4.83. The number of fused-ring (bicyclic) bond motifs is 3. The van der Waals surface area contributed by atoms with Crippen molar-refractivity contribution in [3.63, 3.8) is 0 Å². The average molecular weight is 357 g/mol. The van der Waals surface area contributed by atoms with Crippen LogP contribution in [0, 0.1) is 11.7 Å². The Morgan fingerprint density at radius 3 is 2.88 bits per heavy atom. The van der Waals surface area contributed by atoms with Crippen LogP contribution in [0.4, 0.5) is 10.1 Å². The first-order valence-electron chi connectivity index (χ1n) is 8.58. The summed E-state index contributed by atoms with van der Waals surface area (Å²) in [5.41, 5.74) is 1.92. The van der Waals surface area contributed by atoms with Gasteiger partial charge in [0.1, 0.15) is 16.5 Å². The first-order valence-corrected chi connectivity index (χ1v) is 9.39. The van der Waals surface area contributed by atoms with Crippen molar-refractivity contribution in [3.05, 3.63) is 56.7 Å². The Morgan fingerprint density at radius 2 is 2.12 bits per heavy atom. The van der Waals surface area contributed by atoms with Crippen LogP contribution in [-0.2, 0) is 12.8 Å². The molecular weight excluding hydrogens is 337 g/mol. The quantitative estimate of drug-likeness (QED) is 0.729. The van der Waals surface area contributed by atoms with Gasteiger partial charge in [-0.3, -0.25) is 4.79 Å². The summed E-state index contributed by atoms with van der Waals surface area (Å²) in [5.74, 6) is 0.996. The van der Waals surface area contributed by atoms with E-state index in [-0.39, 0.29) is 17.4 Å². The van der Waals surface area contributed by atoms with Gasteiger partial charge in [-0.05, 0) is 61.9 Å². The van der Waals surface area contributed by atoms with E-state index in [1.807, 2.05) is 6.92 Å². The molecule has 1 aromatic carbocycles. The lowest BCUT2D eigenvalue weighted by atomic mass is 9.89. The molecule has 6 heteroatoms. The maximum Gasteiger partial charge on any atom is 0.259 e. The van der Waals surface area contributed by atoms with Crippen LogP contribution < -0.4 is 10.9 Å². The van der Waals surface area contributed by atoms with E-state index in [9.17, 15) is 9.18 Å². The summed E-state index contributed by atoms with van der Waals surface area (Å²) in [7, 11) is 0. The summed E-state index contributed by atoms with van der Waals surface area (Å²) in [5, 5.41) is 4.02. The topological polar surface area (TPSA) is 57.8 Å². The maximum absolute atomic E-state index is 13.0. The molecule has 0 bridgehead atoms. The second-order valence-corrected chi connectivity index (χ2v) is 7.94. The van der Waals surface area contributed by atoms with Gasteiger partial charge >= 0.3 is 0 Å². The summed E-state index contributed by atoms with van der Waals surface area (Å²) < 4.78 is 13.0. The first-order chi connectivity index (χ1) is 12.0. The Bertz CT molecular complexity index is 977. The van der Waals surface area contributed by atoms with Crippen molar-refractivity contribution in [3.8, 4) is 0 Å². The van der Waals surface area contributed by atoms with Crippen molar-refractivity contribution < 1.29 is 4.39 Å². The van der Waals surface area contributed by atoms with Crippen molar-refractivity contribution in [2.24, 2.45) is 5.92 Å². The lowest BCUT2D eigenvalue weighted by Crippen LogP contribution is -2.18. The standard InChI is InChI=1S/C19H20FN3OS/c1-10-3-8-14-15(9-10)25-19-16(14)18(24)22-17(23-19)11(2)21-13-6-4-12(20)5-7-13/h4-7,10-11,21H,3,8-9H2,1-2H3,(H,22,23,24)/t10-,11+/m1/s1. The third-order valence-corrected chi connectivity index (χ3v) is 5.97. The van der Waals surface area contributed by atoms with Crippen molar-refractivity contribution in [2.75, 3.05) is 5.32 Å². The van der Waals surface area contributed by atoms with Crippen molar-refractivity contribution in [1.82, 2.24) is 9.97 Å². The van der Waals surface area contributed by atoms with E-state index in [0.717, 1.165) is 35.2 Å². The molecule has 4 nitrogen and oxygen atoms in total. The van der Waals surface area contributed by atoms with Gasteiger partial charge in [0.05, 0.1) is 11.4 Å². The van der Waals surface area contributed by atoms with Crippen LogP contribution in [0.3, 0.4) is 0 Å². The molecule has 0 saturated heterocycles. The molecule has 2 aromatic heterocycles. The minimum Gasteiger partial charge on any atom is -0.375 e. The number of aromatic nitrogens is 2. The SMILES string of the molecule is C[C@@H]1CCc2c(sc3nc([C@H](C)Nc4ccc(F)cc4)[nH]c(=O)c23)C1. The molecule has 0 aliphatic heterocycles. The fourth-order valence-electron chi connectivity index (χ4n) is 3.44. The molecule has 0 amide bonds. The zero-order chi connectivity index (χ0) is 17.6. The lowest BCUT2D eigenvalue weighted by molar-refractivity contribution is 0.509. The van der Waals surface area contributed by atoms with E-state index in [1.165, 1.54) is 22.6 Å². The summed E-state index contributed by atoms with van der Waals surface area (Å²) in [4.78, 5) is 22.4. The number of hydrogen-bond donors (Lipinski definition) is 2. The molecule has 1 aliphatic carbocycles. The third-order valence-electron chi connectivity index (χ3n) is 4.82. The average Bonchev–Trinajstić information content (AvgIpc) is 2.94. The molecule has 0 fully saturated rings. The highest BCUT2D eigenvalue weighted by atomic mass is 32.1. The molecule has 2 N–H and O–H groups in total. The van der Waals surface area contributed by atoms with Gasteiger partial charge in [-0.25, -0.2) is 9.37 Å². The van der Waals surface area contributed by atoms with Gasteiger partial charge in [0.2, 0.25) is 0 Å². The number of aromatic amines is 1. The molecule has 130 valence electrons. The van der Waals surface area contributed by atoms with Gasteiger partial charge in [0.25, 0.3) is 5.56 Å². The molecule has 0 saturated carbocycles. The smallest absolute Gasteiger partial charge is 0.259 e. The molecule has 3 aromatic rings. The highest BCUT2D eigenvalue weighted by molar-refractivity contribution is 7.18. The van der Waals surface area contributed by atoms with Crippen LogP contribution in [0.15, 0.2) is 29.1 Å². The van der Waals surface area contributed by atoms with E-state index in [1.54, 1.807) is 23.5 Å². The summed E-state index contributed by atoms with van der Waals surface area (Å²) in [6.07, 6.45) is 3.13. The van der Waals surface area contributed by atoms with E-state index < -0.39 is 0 Å². The highest BCUT2D eigenvalue weighted by Gasteiger charge is 2.23. The Morgan fingerprint density at radius 1 is 1.36 bits per heavy atom. The molecule has 2 atom stereocenters. The largest absolute Gasteiger partial charge is 0.375 e. The van der Waals surface area contributed by atoms with E-state index in [2.05, 4.69) is 17.2 Å². The number of aryl methyl sites for hydroxylation is 1. The Labute approximate surface area is 149 Å². The number of thiophene rings is 1. The van der Waals surface area contributed by atoms with E-state index in [0.29, 0.717) is 11.7 Å². The Balaban J connectivity index is 1.68. The van der Waals surface area contributed by atoms with Crippen molar-refractivity contribution in [2.45, 2.75) is 39.2 Å². The molecule has 25 heavy (non-hydrogen) atoms. The zero-order valence-electron chi connectivity index (χ0n) is 14.2. The molecular formula is C19H20FN3OS. The Kier molecular flexibility index (Phi) is 4.07. The highest BCUT2D eigenvalue weighted by Crippen LogP contribution is 2.35. The van der Waals surface area contributed by atoms with Crippen LogP contribution in [0.5, 0.6) is 0 Å². The molecule has 4 rings (SSSR count). The second-order valence-electron chi connectivity index (χ2n) is 6.86. The first kappa shape index (κ1) is 16.3. The van der Waals surface area contributed by atoms with Crippen molar-refractivity contribution >= 4 is 27.2 Å². The molecule has 0 radical (unpaired) electrons. The van der Waals surface area contributed by atoms with Gasteiger partial charge in [-0.2, -0.15) is 0 Å². The number of hydrogen-bond acceptors (Lipinski definition) is 4. The van der Waals surface area contributed by atoms with Gasteiger partial charge in [0.15, 0.2) is 0 Å². The van der Waals surface area contributed by atoms with E-state index in [4.69, 9.17) is 4.98 Å². The summed E-state index contributed by atoms with van der Waals surface area (Å²) >= 11 is 1.65. The number of nitrogens with zero attached hydrogens (tertiary/aromatic N) is 1. The Hall–Kier alpha value is -2.21. The van der Waals surface area contributed by atoms with Crippen LogP contribution in [-0.4, -0.2) is 9.97 Å². The van der Waals surface area contributed by atoms with Gasteiger partial charge in [-0.15, -0.1) is 11.3 Å². The van der Waals surface area contributed by atoms with Crippen LogP contribution >= 0.6 is 11.3 Å². The lowest BCUT2D eigenvalue weighted by Gasteiger charge is -2.17.